The monoisotopic (exact) mass is 180 g/mol. The fourth-order valence-corrected chi connectivity index (χ4v) is 1.71. The maximum atomic E-state index is 2.37. The third-order valence-electron chi connectivity index (χ3n) is 2.32. The number of hydrogen-bond donors (Lipinski definition) is 0. The van der Waals surface area contributed by atoms with Gasteiger partial charge in [-0.1, -0.05) is 38.8 Å². The summed E-state index contributed by atoms with van der Waals surface area (Å²) in [5, 5.41) is 0. The normalized spacial score (nSPS) is 11.6. The Morgan fingerprint density at radius 2 is 1.69 bits per heavy atom. The molecule has 0 saturated heterocycles. The van der Waals surface area contributed by atoms with Gasteiger partial charge in [-0.2, -0.15) is 0 Å². The van der Waals surface area contributed by atoms with E-state index in [1.54, 1.807) is 11.1 Å². The molecule has 0 aromatic rings. The van der Waals surface area contributed by atoms with E-state index in [0.717, 1.165) is 6.42 Å². The van der Waals surface area contributed by atoms with Gasteiger partial charge in [-0.3, -0.25) is 0 Å². The molecule has 0 unspecified atom stereocenters. The maximum Gasteiger partial charge on any atom is -0.0280 e. The smallest absolute Gasteiger partial charge is 0.0280 e. The van der Waals surface area contributed by atoms with E-state index >= 15 is 0 Å². The van der Waals surface area contributed by atoms with E-state index in [0.29, 0.717) is 0 Å². The van der Waals surface area contributed by atoms with Crippen LogP contribution in [0.5, 0.6) is 0 Å². The molecule has 0 aromatic heterocycles. The van der Waals surface area contributed by atoms with E-state index in [-0.39, 0.29) is 0 Å². The molecule has 0 aliphatic heterocycles. The highest BCUT2D eigenvalue weighted by Crippen LogP contribution is 2.23. The predicted molar refractivity (Wildman–Crippen MR) is 61.9 cm³/mol. The van der Waals surface area contributed by atoms with Gasteiger partial charge in [0.05, 0.1) is 0 Å². The first-order chi connectivity index (χ1) is 6.17. The van der Waals surface area contributed by atoms with Crippen LogP contribution in [0.1, 0.15) is 60.3 Å². The lowest BCUT2D eigenvalue weighted by Gasteiger charge is -2.12. The molecule has 13 heavy (non-hydrogen) atoms. The van der Waals surface area contributed by atoms with E-state index in [1.165, 1.54) is 24.8 Å². The molecular formula is C13H24. The average molecular weight is 180 g/mol. The molecule has 0 heterocycles. The Balaban J connectivity index is 4.71. The Kier molecular flexibility index (Phi) is 6.66. The zero-order valence-corrected chi connectivity index (χ0v) is 9.91. The molecule has 0 bridgehead atoms. The van der Waals surface area contributed by atoms with Gasteiger partial charge in [0.25, 0.3) is 0 Å². The first-order valence-corrected chi connectivity index (χ1v) is 5.53. The van der Waals surface area contributed by atoms with Gasteiger partial charge in [-0.15, -0.1) is 0 Å². The van der Waals surface area contributed by atoms with Crippen molar-refractivity contribution in [3.05, 3.63) is 22.8 Å². The molecule has 0 aliphatic rings. The minimum Gasteiger partial charge on any atom is -0.0813 e. The standard InChI is InChI=1S/C13H24/c1-6-9-12(8-3)13(10-7-2)11(4)5/h9H,6-8,10H2,1-5H3/b12-9-. The summed E-state index contributed by atoms with van der Waals surface area (Å²) in [6, 6.07) is 0. The molecule has 0 aliphatic carbocycles. The quantitative estimate of drug-likeness (QED) is 0.529. The van der Waals surface area contributed by atoms with Gasteiger partial charge in [0.2, 0.25) is 0 Å². The summed E-state index contributed by atoms with van der Waals surface area (Å²) < 4.78 is 0. The van der Waals surface area contributed by atoms with E-state index in [4.69, 9.17) is 0 Å². The van der Waals surface area contributed by atoms with Crippen molar-refractivity contribution in [3.8, 4) is 0 Å². The highest BCUT2D eigenvalue weighted by Gasteiger charge is 2.03. The van der Waals surface area contributed by atoms with Crippen LogP contribution >= 0.6 is 0 Å². The minimum absolute atomic E-state index is 1.16. The fraction of sp³-hybridized carbons (Fsp3) is 0.692. The number of rotatable bonds is 5. The Morgan fingerprint density at radius 3 is 2.00 bits per heavy atom. The van der Waals surface area contributed by atoms with Crippen molar-refractivity contribution in [3.63, 3.8) is 0 Å². The van der Waals surface area contributed by atoms with Crippen LogP contribution in [-0.4, -0.2) is 0 Å². The second kappa shape index (κ2) is 6.94. The van der Waals surface area contributed by atoms with Crippen molar-refractivity contribution in [1.29, 1.82) is 0 Å². The van der Waals surface area contributed by atoms with Crippen LogP contribution in [0.25, 0.3) is 0 Å². The van der Waals surface area contributed by atoms with Crippen molar-refractivity contribution >= 4 is 0 Å². The Morgan fingerprint density at radius 1 is 1.08 bits per heavy atom. The van der Waals surface area contributed by atoms with Gasteiger partial charge in [0.15, 0.2) is 0 Å². The fourth-order valence-electron chi connectivity index (χ4n) is 1.71. The molecule has 0 atom stereocenters. The van der Waals surface area contributed by atoms with Crippen molar-refractivity contribution in [2.75, 3.05) is 0 Å². The second-order valence-electron chi connectivity index (χ2n) is 3.72. The lowest BCUT2D eigenvalue weighted by molar-refractivity contribution is 0.874. The molecule has 0 fully saturated rings. The van der Waals surface area contributed by atoms with Crippen LogP contribution in [0.3, 0.4) is 0 Å². The van der Waals surface area contributed by atoms with E-state index < -0.39 is 0 Å². The molecule has 0 saturated carbocycles. The molecule has 0 nitrogen and oxygen atoms in total. The maximum absolute atomic E-state index is 2.37. The largest absolute Gasteiger partial charge is 0.0813 e. The summed E-state index contributed by atoms with van der Waals surface area (Å²) in [5.74, 6) is 0. The third kappa shape index (κ3) is 4.31. The SMILES string of the molecule is CC/C=C(/CC)C(CCC)=C(C)C. The van der Waals surface area contributed by atoms with Crippen LogP contribution in [0.2, 0.25) is 0 Å². The molecule has 0 rings (SSSR count). The van der Waals surface area contributed by atoms with Crippen molar-refractivity contribution in [2.45, 2.75) is 60.3 Å². The summed E-state index contributed by atoms with van der Waals surface area (Å²) >= 11 is 0. The van der Waals surface area contributed by atoms with Gasteiger partial charge in [0, 0.05) is 0 Å². The van der Waals surface area contributed by atoms with E-state index in [1.807, 2.05) is 0 Å². The summed E-state index contributed by atoms with van der Waals surface area (Å²) in [6.07, 6.45) is 7.19. The first-order valence-electron chi connectivity index (χ1n) is 5.53. The van der Waals surface area contributed by atoms with E-state index in [9.17, 15) is 0 Å². The number of allylic oxidation sites excluding steroid dienone is 4. The zero-order chi connectivity index (χ0) is 10.3. The number of hydrogen-bond acceptors (Lipinski definition) is 0. The van der Waals surface area contributed by atoms with Crippen molar-refractivity contribution in [1.82, 2.24) is 0 Å². The van der Waals surface area contributed by atoms with Crippen molar-refractivity contribution in [2.24, 2.45) is 0 Å². The average Bonchev–Trinajstić information content (AvgIpc) is 2.10. The summed E-state index contributed by atoms with van der Waals surface area (Å²) in [7, 11) is 0. The van der Waals surface area contributed by atoms with Gasteiger partial charge in [0.1, 0.15) is 0 Å². The van der Waals surface area contributed by atoms with Gasteiger partial charge < -0.3 is 0 Å². The van der Waals surface area contributed by atoms with E-state index in [2.05, 4.69) is 40.7 Å². The molecule has 0 amide bonds. The topological polar surface area (TPSA) is 0 Å². The van der Waals surface area contributed by atoms with Crippen LogP contribution < -0.4 is 0 Å². The highest BCUT2D eigenvalue weighted by molar-refractivity contribution is 5.33. The second-order valence-corrected chi connectivity index (χ2v) is 3.72. The Bertz CT molecular complexity index is 190. The molecule has 0 N–H and O–H groups in total. The lowest BCUT2D eigenvalue weighted by atomic mass is 9.94. The molecule has 0 heteroatoms. The molecule has 76 valence electrons. The molecule has 0 aromatic carbocycles. The molecule has 0 radical (unpaired) electrons. The lowest BCUT2D eigenvalue weighted by Crippen LogP contribution is -1.92. The third-order valence-corrected chi connectivity index (χ3v) is 2.32. The first kappa shape index (κ1) is 12.5. The highest BCUT2D eigenvalue weighted by atomic mass is 14.1. The van der Waals surface area contributed by atoms with Crippen LogP contribution in [-0.2, 0) is 0 Å². The van der Waals surface area contributed by atoms with Gasteiger partial charge >= 0.3 is 0 Å². The summed E-state index contributed by atoms with van der Waals surface area (Å²) in [6.45, 7) is 11.2. The van der Waals surface area contributed by atoms with Crippen LogP contribution in [0.4, 0.5) is 0 Å². The molecule has 0 spiro atoms. The van der Waals surface area contributed by atoms with Gasteiger partial charge in [-0.05, 0) is 44.3 Å². The van der Waals surface area contributed by atoms with Crippen molar-refractivity contribution < 1.29 is 0 Å². The predicted octanol–water partition coefficient (Wildman–Crippen LogP) is 4.87. The zero-order valence-electron chi connectivity index (χ0n) is 9.91. The molecular weight excluding hydrogens is 156 g/mol. The minimum atomic E-state index is 1.16. The summed E-state index contributed by atoms with van der Waals surface area (Å²) in [4.78, 5) is 0. The Hall–Kier alpha value is -0.520. The van der Waals surface area contributed by atoms with Crippen LogP contribution in [0.15, 0.2) is 22.8 Å². The summed E-state index contributed by atoms with van der Waals surface area (Å²) in [5.41, 5.74) is 4.64. The Labute approximate surface area is 83.7 Å². The van der Waals surface area contributed by atoms with Gasteiger partial charge in [-0.25, -0.2) is 0 Å². The van der Waals surface area contributed by atoms with Crippen LogP contribution in [0, 0.1) is 0 Å².